The predicted molar refractivity (Wildman–Crippen MR) is 74.9 cm³/mol. The van der Waals surface area contributed by atoms with Crippen molar-refractivity contribution in [3.63, 3.8) is 0 Å². The standard InChI is InChI=1S/C13H19BrN2O/c1-9(2)10(8-15)13(17)16(3)12-7-5-4-6-11(12)14/h4-7,9-10H,8,15H2,1-3H3. The van der Waals surface area contributed by atoms with E-state index in [0.29, 0.717) is 6.54 Å². The number of nitrogens with zero attached hydrogens (tertiary/aromatic N) is 1. The van der Waals surface area contributed by atoms with E-state index in [0.717, 1.165) is 10.2 Å². The highest BCUT2D eigenvalue weighted by molar-refractivity contribution is 9.10. The summed E-state index contributed by atoms with van der Waals surface area (Å²) in [5.41, 5.74) is 6.54. The van der Waals surface area contributed by atoms with Crippen molar-refractivity contribution in [3.8, 4) is 0 Å². The predicted octanol–water partition coefficient (Wildman–Crippen LogP) is 2.64. The second kappa shape index (κ2) is 6.17. The van der Waals surface area contributed by atoms with E-state index in [2.05, 4.69) is 15.9 Å². The summed E-state index contributed by atoms with van der Waals surface area (Å²) in [6, 6.07) is 7.67. The summed E-state index contributed by atoms with van der Waals surface area (Å²) in [5, 5.41) is 0. The summed E-state index contributed by atoms with van der Waals surface area (Å²) < 4.78 is 0.912. The van der Waals surface area contributed by atoms with Gasteiger partial charge in [-0.15, -0.1) is 0 Å². The summed E-state index contributed by atoms with van der Waals surface area (Å²) in [6.07, 6.45) is 0. The Morgan fingerprint density at radius 1 is 1.41 bits per heavy atom. The van der Waals surface area contributed by atoms with Gasteiger partial charge >= 0.3 is 0 Å². The second-order valence-electron chi connectivity index (χ2n) is 4.43. The molecule has 1 atom stereocenters. The van der Waals surface area contributed by atoms with E-state index in [4.69, 9.17) is 5.73 Å². The Morgan fingerprint density at radius 3 is 2.47 bits per heavy atom. The van der Waals surface area contributed by atoms with Crippen LogP contribution in [-0.2, 0) is 4.79 Å². The Balaban J connectivity index is 2.94. The van der Waals surface area contributed by atoms with Gasteiger partial charge in [-0.3, -0.25) is 4.79 Å². The first-order valence-electron chi connectivity index (χ1n) is 5.71. The molecule has 0 saturated carbocycles. The zero-order chi connectivity index (χ0) is 13.0. The number of hydrogen-bond acceptors (Lipinski definition) is 2. The number of hydrogen-bond donors (Lipinski definition) is 1. The molecule has 1 aromatic rings. The van der Waals surface area contributed by atoms with Crippen molar-refractivity contribution in [3.05, 3.63) is 28.7 Å². The Bertz CT molecular complexity index is 393. The molecule has 4 heteroatoms. The van der Waals surface area contributed by atoms with Gasteiger partial charge in [-0.1, -0.05) is 26.0 Å². The summed E-state index contributed by atoms with van der Waals surface area (Å²) in [4.78, 5) is 14.0. The largest absolute Gasteiger partial charge is 0.330 e. The van der Waals surface area contributed by atoms with E-state index < -0.39 is 0 Å². The summed E-state index contributed by atoms with van der Waals surface area (Å²) in [5.74, 6) is 0.180. The molecule has 0 bridgehead atoms. The molecule has 1 rings (SSSR count). The lowest BCUT2D eigenvalue weighted by Crippen LogP contribution is -2.39. The first-order chi connectivity index (χ1) is 7.99. The van der Waals surface area contributed by atoms with E-state index >= 15 is 0 Å². The highest BCUT2D eigenvalue weighted by Crippen LogP contribution is 2.26. The number of carbonyl (C=O) groups is 1. The van der Waals surface area contributed by atoms with Gasteiger partial charge in [0, 0.05) is 18.1 Å². The number of benzene rings is 1. The van der Waals surface area contributed by atoms with Crippen molar-refractivity contribution >= 4 is 27.5 Å². The molecule has 0 aliphatic heterocycles. The zero-order valence-electron chi connectivity index (χ0n) is 10.5. The van der Waals surface area contributed by atoms with Gasteiger partial charge in [0.05, 0.1) is 11.6 Å². The van der Waals surface area contributed by atoms with Crippen LogP contribution in [0.15, 0.2) is 28.7 Å². The molecule has 3 nitrogen and oxygen atoms in total. The van der Waals surface area contributed by atoms with Crippen molar-refractivity contribution in [2.45, 2.75) is 13.8 Å². The highest BCUT2D eigenvalue weighted by atomic mass is 79.9. The molecule has 94 valence electrons. The maximum atomic E-state index is 12.3. The van der Waals surface area contributed by atoms with E-state index in [9.17, 15) is 4.79 Å². The average Bonchev–Trinajstić information content (AvgIpc) is 2.29. The van der Waals surface area contributed by atoms with Crippen molar-refractivity contribution in [2.75, 3.05) is 18.5 Å². The van der Waals surface area contributed by atoms with Gasteiger partial charge in [-0.25, -0.2) is 0 Å². The van der Waals surface area contributed by atoms with Crippen LogP contribution in [0.3, 0.4) is 0 Å². The second-order valence-corrected chi connectivity index (χ2v) is 5.29. The Hall–Kier alpha value is -0.870. The van der Waals surface area contributed by atoms with E-state index in [1.165, 1.54) is 0 Å². The average molecular weight is 299 g/mol. The summed E-state index contributed by atoms with van der Waals surface area (Å²) in [6.45, 7) is 4.41. The van der Waals surface area contributed by atoms with Crippen LogP contribution in [0.2, 0.25) is 0 Å². The molecular formula is C13H19BrN2O. The lowest BCUT2D eigenvalue weighted by Gasteiger charge is -2.26. The number of amides is 1. The van der Waals surface area contributed by atoms with Gasteiger partial charge in [0.15, 0.2) is 0 Å². The molecule has 0 aliphatic carbocycles. The van der Waals surface area contributed by atoms with Crippen LogP contribution < -0.4 is 10.6 Å². The fourth-order valence-corrected chi connectivity index (χ4v) is 2.30. The molecule has 17 heavy (non-hydrogen) atoms. The number of halogens is 1. The Labute approximate surface area is 111 Å². The number of nitrogens with two attached hydrogens (primary N) is 1. The fourth-order valence-electron chi connectivity index (χ4n) is 1.75. The first-order valence-corrected chi connectivity index (χ1v) is 6.50. The molecule has 0 heterocycles. The van der Waals surface area contributed by atoms with Gasteiger partial charge in [0.25, 0.3) is 0 Å². The van der Waals surface area contributed by atoms with Gasteiger partial charge in [-0.2, -0.15) is 0 Å². The molecular weight excluding hydrogens is 280 g/mol. The molecule has 0 fully saturated rings. The minimum absolute atomic E-state index is 0.0643. The number of rotatable bonds is 4. The van der Waals surface area contributed by atoms with Crippen LogP contribution in [0.5, 0.6) is 0 Å². The molecule has 0 saturated heterocycles. The van der Waals surface area contributed by atoms with Crippen LogP contribution in [0, 0.1) is 11.8 Å². The van der Waals surface area contributed by atoms with Crippen molar-refractivity contribution in [2.24, 2.45) is 17.6 Å². The molecule has 1 unspecified atom stereocenters. The van der Waals surface area contributed by atoms with Crippen LogP contribution >= 0.6 is 15.9 Å². The Kier molecular flexibility index (Phi) is 5.15. The third-order valence-corrected chi connectivity index (χ3v) is 3.59. The number of carbonyl (C=O) groups excluding carboxylic acids is 1. The van der Waals surface area contributed by atoms with Crippen LogP contribution in [0.4, 0.5) is 5.69 Å². The third-order valence-electron chi connectivity index (χ3n) is 2.92. The van der Waals surface area contributed by atoms with Crippen LogP contribution in [0.1, 0.15) is 13.8 Å². The van der Waals surface area contributed by atoms with E-state index in [1.54, 1.807) is 11.9 Å². The SMILES string of the molecule is CC(C)C(CN)C(=O)N(C)c1ccccc1Br. The summed E-state index contributed by atoms with van der Waals surface area (Å²) >= 11 is 3.45. The molecule has 0 radical (unpaired) electrons. The van der Waals surface area contributed by atoms with E-state index in [-0.39, 0.29) is 17.7 Å². The monoisotopic (exact) mass is 298 g/mol. The van der Waals surface area contributed by atoms with Crippen molar-refractivity contribution in [1.82, 2.24) is 0 Å². The molecule has 0 spiro atoms. The Morgan fingerprint density at radius 2 is 2.00 bits per heavy atom. The van der Waals surface area contributed by atoms with Crippen LogP contribution in [0.25, 0.3) is 0 Å². The first kappa shape index (κ1) is 14.2. The van der Waals surface area contributed by atoms with Gasteiger partial charge in [0.1, 0.15) is 0 Å². The number of anilines is 1. The van der Waals surface area contributed by atoms with Gasteiger partial charge < -0.3 is 10.6 Å². The topological polar surface area (TPSA) is 46.3 Å². The summed E-state index contributed by atoms with van der Waals surface area (Å²) in [7, 11) is 1.79. The maximum absolute atomic E-state index is 12.3. The number of para-hydroxylation sites is 1. The molecule has 2 N–H and O–H groups in total. The molecule has 0 aromatic heterocycles. The van der Waals surface area contributed by atoms with Gasteiger partial charge in [0.2, 0.25) is 5.91 Å². The minimum Gasteiger partial charge on any atom is -0.330 e. The zero-order valence-corrected chi connectivity index (χ0v) is 12.1. The van der Waals surface area contributed by atoms with Gasteiger partial charge in [-0.05, 0) is 34.0 Å². The lowest BCUT2D eigenvalue weighted by molar-refractivity contribution is -0.123. The van der Waals surface area contributed by atoms with Crippen LogP contribution in [-0.4, -0.2) is 19.5 Å². The highest BCUT2D eigenvalue weighted by Gasteiger charge is 2.25. The quantitative estimate of drug-likeness (QED) is 0.929. The van der Waals surface area contributed by atoms with E-state index in [1.807, 2.05) is 38.1 Å². The molecule has 0 aliphatic rings. The smallest absolute Gasteiger partial charge is 0.231 e. The van der Waals surface area contributed by atoms with Crippen molar-refractivity contribution in [1.29, 1.82) is 0 Å². The lowest BCUT2D eigenvalue weighted by atomic mass is 9.94. The van der Waals surface area contributed by atoms with Crippen molar-refractivity contribution < 1.29 is 4.79 Å². The fraction of sp³-hybridized carbons (Fsp3) is 0.462. The minimum atomic E-state index is -0.132. The maximum Gasteiger partial charge on any atom is 0.231 e. The third kappa shape index (κ3) is 3.30. The molecule has 1 amide bonds. The molecule has 1 aromatic carbocycles. The normalized spacial score (nSPS) is 12.6.